The maximum atomic E-state index is 12.9. The molecule has 2 saturated heterocycles. The number of aliphatic hydroxyl groups is 1. The van der Waals surface area contributed by atoms with Gasteiger partial charge in [0, 0.05) is 43.5 Å². The number of nitrogens with zero attached hydrogens (tertiary/aromatic N) is 2. The van der Waals surface area contributed by atoms with E-state index in [1.54, 1.807) is 44.2 Å². The van der Waals surface area contributed by atoms with Crippen LogP contribution in [-0.2, 0) is 27.8 Å². The molecule has 0 bridgehead atoms. The monoisotopic (exact) mass is 648 g/mol. The summed E-state index contributed by atoms with van der Waals surface area (Å²) in [5.74, 6) is -0.599. The number of ether oxygens (including phenoxy) is 3. The van der Waals surface area contributed by atoms with Crippen LogP contribution in [0.4, 0.5) is 0 Å². The number of aliphatic hydroxyl groups excluding tert-OH is 1. The Hall–Kier alpha value is -3.76. The number of aromatic nitrogens is 4. The summed E-state index contributed by atoms with van der Waals surface area (Å²) in [6.45, 7) is 2.49. The molecule has 0 aliphatic carbocycles. The predicted octanol–water partition coefficient (Wildman–Crippen LogP) is 0.772. The Morgan fingerprint density at radius 1 is 0.911 bits per heavy atom. The van der Waals surface area contributed by atoms with E-state index >= 15 is 0 Å². The van der Waals surface area contributed by atoms with Gasteiger partial charge in [0.25, 0.3) is 11.1 Å². The number of benzene rings is 1. The summed E-state index contributed by atoms with van der Waals surface area (Å²) >= 11 is 0. The van der Waals surface area contributed by atoms with Crippen LogP contribution >= 0.6 is 8.60 Å². The number of carbonyl (C=O) groups is 1. The van der Waals surface area contributed by atoms with Gasteiger partial charge in [-0.05, 0) is 26.0 Å². The van der Waals surface area contributed by atoms with Crippen molar-refractivity contribution in [3.05, 3.63) is 101 Å². The van der Waals surface area contributed by atoms with Crippen molar-refractivity contribution in [1.82, 2.24) is 19.1 Å². The fourth-order valence-electron chi connectivity index (χ4n) is 5.04. The van der Waals surface area contributed by atoms with Crippen molar-refractivity contribution in [2.75, 3.05) is 20.3 Å². The van der Waals surface area contributed by atoms with Gasteiger partial charge in [0.2, 0.25) is 0 Å². The molecule has 45 heavy (non-hydrogen) atoms. The van der Waals surface area contributed by atoms with Crippen molar-refractivity contribution in [3.63, 3.8) is 0 Å². The standard InChI is InChI=1S/C28H33N4O12P/c1-15-11-31(27(37)29-24(15)34)22-9-18(43-26(36)17-7-5-4-6-8-17)21(42-22)14-40-45(39-3)44-19-10-23(41-20(19)13-33)32-12-16(2)25(35)30-28(32)38/h4-8,11-12,18-23,33H,9-10,13-14H2,1-3H3,(H,29,34,37)(H,30,35,38)/t18-,19-,20+,21+,22+,23+,45?/m0/s1. The first-order chi connectivity index (χ1) is 21.6. The van der Waals surface area contributed by atoms with Crippen LogP contribution in [0.2, 0.25) is 0 Å². The van der Waals surface area contributed by atoms with Crippen molar-refractivity contribution < 1.29 is 37.7 Å². The lowest BCUT2D eigenvalue weighted by atomic mass is 10.1. The molecule has 1 aromatic carbocycles. The molecule has 7 atom stereocenters. The van der Waals surface area contributed by atoms with Gasteiger partial charge in [0.15, 0.2) is 0 Å². The lowest BCUT2D eigenvalue weighted by molar-refractivity contribution is -0.0568. The maximum Gasteiger partial charge on any atom is 0.338 e. The van der Waals surface area contributed by atoms with Crippen LogP contribution in [0.25, 0.3) is 0 Å². The van der Waals surface area contributed by atoms with E-state index in [1.165, 1.54) is 28.6 Å². The van der Waals surface area contributed by atoms with E-state index in [0.717, 1.165) is 0 Å². The fraction of sp³-hybridized carbons (Fsp3) is 0.464. The predicted molar refractivity (Wildman–Crippen MR) is 157 cm³/mol. The number of nitrogens with one attached hydrogen (secondary N) is 2. The Bertz CT molecular complexity index is 1740. The van der Waals surface area contributed by atoms with Crippen molar-refractivity contribution in [3.8, 4) is 0 Å². The van der Waals surface area contributed by atoms with E-state index in [-0.39, 0.29) is 19.4 Å². The molecular weight excluding hydrogens is 615 g/mol. The van der Waals surface area contributed by atoms with E-state index in [9.17, 15) is 29.1 Å². The first-order valence-electron chi connectivity index (χ1n) is 14.0. The molecule has 0 saturated carbocycles. The van der Waals surface area contributed by atoms with E-state index in [1.807, 2.05) is 0 Å². The summed E-state index contributed by atoms with van der Waals surface area (Å²) in [6.07, 6.45) is -2.05. The molecule has 16 nitrogen and oxygen atoms in total. The average molecular weight is 649 g/mol. The topological polar surface area (TPSA) is 202 Å². The lowest BCUT2D eigenvalue weighted by Gasteiger charge is -2.24. The number of aryl methyl sites for hydroxylation is 2. The van der Waals surface area contributed by atoms with Crippen molar-refractivity contribution >= 4 is 14.6 Å². The Balaban J connectivity index is 1.29. The molecule has 242 valence electrons. The Morgan fingerprint density at radius 2 is 1.47 bits per heavy atom. The molecule has 2 aliphatic heterocycles. The molecule has 4 heterocycles. The minimum Gasteiger partial charge on any atom is -0.456 e. The zero-order valence-corrected chi connectivity index (χ0v) is 25.5. The van der Waals surface area contributed by atoms with Crippen LogP contribution in [0.1, 0.15) is 46.8 Å². The van der Waals surface area contributed by atoms with Crippen LogP contribution in [0.3, 0.4) is 0 Å². The summed E-state index contributed by atoms with van der Waals surface area (Å²) in [5, 5.41) is 9.92. The Kier molecular flexibility index (Phi) is 10.2. The number of H-pyrrole nitrogens is 2. The van der Waals surface area contributed by atoms with Gasteiger partial charge in [-0.3, -0.25) is 28.7 Å². The van der Waals surface area contributed by atoms with Gasteiger partial charge < -0.3 is 32.9 Å². The molecule has 2 fully saturated rings. The molecule has 2 aromatic heterocycles. The van der Waals surface area contributed by atoms with E-state index in [4.69, 9.17) is 27.8 Å². The van der Waals surface area contributed by atoms with Crippen LogP contribution in [0.15, 0.2) is 61.9 Å². The third-order valence-corrected chi connectivity index (χ3v) is 8.54. The number of hydrogen-bond donors (Lipinski definition) is 3. The third kappa shape index (κ3) is 7.39. The van der Waals surface area contributed by atoms with E-state index in [0.29, 0.717) is 16.7 Å². The van der Waals surface area contributed by atoms with Gasteiger partial charge in [0.05, 0.1) is 24.9 Å². The Morgan fingerprint density at radius 3 is 2.02 bits per heavy atom. The second-order valence-electron chi connectivity index (χ2n) is 10.5. The van der Waals surface area contributed by atoms with Gasteiger partial charge in [0.1, 0.15) is 30.8 Å². The summed E-state index contributed by atoms with van der Waals surface area (Å²) in [4.78, 5) is 66.0. The second kappa shape index (κ2) is 14.1. The summed E-state index contributed by atoms with van der Waals surface area (Å²) in [6, 6.07) is 8.36. The number of aromatic amines is 2. The molecule has 3 N–H and O–H groups in total. The van der Waals surface area contributed by atoms with Crippen LogP contribution in [0.5, 0.6) is 0 Å². The van der Waals surface area contributed by atoms with Gasteiger partial charge in [-0.2, -0.15) is 0 Å². The smallest absolute Gasteiger partial charge is 0.338 e. The molecule has 5 rings (SSSR count). The van der Waals surface area contributed by atoms with Crippen LogP contribution in [0, 0.1) is 13.8 Å². The number of hydrogen-bond acceptors (Lipinski definition) is 12. The largest absolute Gasteiger partial charge is 0.456 e. The van der Waals surface area contributed by atoms with E-state index in [2.05, 4.69) is 9.97 Å². The minimum atomic E-state index is -2.07. The Labute approximate surface area is 256 Å². The highest BCUT2D eigenvalue weighted by molar-refractivity contribution is 7.41. The molecule has 3 aromatic rings. The third-order valence-electron chi connectivity index (χ3n) is 7.44. The lowest BCUT2D eigenvalue weighted by Crippen LogP contribution is -2.33. The number of esters is 1. The quantitative estimate of drug-likeness (QED) is 0.195. The first kappa shape index (κ1) is 32.6. The number of carbonyl (C=O) groups excluding carboxylic acids is 1. The van der Waals surface area contributed by atoms with Crippen LogP contribution < -0.4 is 22.5 Å². The minimum absolute atomic E-state index is 0.0851. The SMILES string of the molecule is COP(OC[C@H]1O[C@@H](n2cc(C)c(=O)[nH]c2=O)C[C@@H]1OC(=O)c1ccccc1)O[C@H]1C[C@H](n2cc(C)c(=O)[nH]c2=O)O[C@@H]1CO. The maximum absolute atomic E-state index is 12.9. The molecule has 0 spiro atoms. The zero-order valence-electron chi connectivity index (χ0n) is 24.6. The van der Waals surface area contributed by atoms with Gasteiger partial charge in [-0.25, -0.2) is 14.4 Å². The summed E-state index contributed by atoms with van der Waals surface area (Å²) < 4.78 is 37.5. The normalized spacial score (nSPS) is 25.3. The van der Waals surface area contributed by atoms with Crippen LogP contribution in [-0.4, -0.2) is 74.9 Å². The van der Waals surface area contributed by atoms with Crippen molar-refractivity contribution in [2.45, 2.75) is 63.6 Å². The summed E-state index contributed by atoms with van der Waals surface area (Å²) in [7, 11) is -0.707. The zero-order chi connectivity index (χ0) is 32.2. The second-order valence-corrected chi connectivity index (χ2v) is 11.8. The highest BCUT2D eigenvalue weighted by Gasteiger charge is 2.42. The highest BCUT2D eigenvalue weighted by atomic mass is 31.2. The molecular formula is C28H33N4O12P. The molecule has 2 aliphatic rings. The fourth-order valence-corrected chi connectivity index (χ4v) is 6.01. The van der Waals surface area contributed by atoms with Crippen molar-refractivity contribution in [2.24, 2.45) is 0 Å². The molecule has 17 heteroatoms. The number of rotatable bonds is 11. The van der Waals surface area contributed by atoms with Crippen molar-refractivity contribution in [1.29, 1.82) is 0 Å². The van der Waals surface area contributed by atoms with Gasteiger partial charge in [-0.15, -0.1) is 0 Å². The van der Waals surface area contributed by atoms with Gasteiger partial charge >= 0.3 is 26.0 Å². The summed E-state index contributed by atoms with van der Waals surface area (Å²) in [5.41, 5.74) is -1.47. The first-order valence-corrected chi connectivity index (χ1v) is 15.1. The highest BCUT2D eigenvalue weighted by Crippen LogP contribution is 2.45. The average Bonchev–Trinajstić information content (AvgIpc) is 3.62. The molecule has 1 unspecified atom stereocenters. The van der Waals surface area contributed by atoms with Gasteiger partial charge in [-0.1, -0.05) is 18.2 Å². The molecule has 0 radical (unpaired) electrons. The molecule has 0 amide bonds. The van der Waals surface area contributed by atoms with E-state index < -0.39 is 80.5 Å².